The number of halogens is 1. The number of amides is 1. The summed E-state index contributed by atoms with van der Waals surface area (Å²) < 4.78 is 6.02. The monoisotopic (exact) mass is 396 g/mol. The second-order valence-electron chi connectivity index (χ2n) is 6.99. The number of piperidine rings is 1. The molecule has 1 aliphatic rings. The zero-order valence-electron chi connectivity index (χ0n) is 15.6. The summed E-state index contributed by atoms with van der Waals surface area (Å²) in [6.07, 6.45) is 8.22. The maximum atomic E-state index is 13.0. The molecule has 0 spiro atoms. The highest BCUT2D eigenvalue weighted by atomic mass is 35.5. The van der Waals surface area contributed by atoms with Crippen molar-refractivity contribution < 1.29 is 9.21 Å². The molecule has 1 saturated heterocycles. The number of aryl methyl sites for hydroxylation is 1. The molecular weight excluding hydrogens is 376 g/mol. The van der Waals surface area contributed by atoms with Crippen LogP contribution in [0.5, 0.6) is 0 Å². The predicted octanol–water partition coefficient (Wildman–Crippen LogP) is 4.38. The molecule has 1 aromatic carbocycles. The molecule has 144 valence electrons. The molecule has 0 saturated carbocycles. The fourth-order valence-corrected chi connectivity index (χ4v) is 3.67. The van der Waals surface area contributed by atoms with E-state index in [0.717, 1.165) is 36.3 Å². The fourth-order valence-electron chi connectivity index (χ4n) is 3.47. The predicted molar refractivity (Wildman–Crippen MR) is 105 cm³/mol. The smallest absolute Gasteiger partial charge is 0.274 e. The number of nitrogens with zero attached hydrogens (tertiary/aromatic N) is 4. The Morgan fingerprint density at radius 1 is 1.18 bits per heavy atom. The second kappa shape index (κ2) is 8.10. The zero-order valence-corrected chi connectivity index (χ0v) is 16.4. The average molecular weight is 397 g/mol. The SMILES string of the molecule is Cc1cnc(C(=O)N2CCCC[C@@H]2c2ncc(Cc3ccccc3Cl)o2)cn1. The molecule has 1 fully saturated rings. The molecule has 3 heterocycles. The first-order chi connectivity index (χ1) is 13.6. The minimum Gasteiger partial charge on any atom is -0.443 e. The van der Waals surface area contributed by atoms with Gasteiger partial charge in [-0.25, -0.2) is 9.97 Å². The number of aromatic nitrogens is 3. The fraction of sp³-hybridized carbons (Fsp3) is 0.333. The van der Waals surface area contributed by atoms with Crippen LogP contribution in [0.3, 0.4) is 0 Å². The summed E-state index contributed by atoms with van der Waals surface area (Å²) in [6.45, 7) is 2.50. The Kier molecular flexibility index (Phi) is 5.39. The van der Waals surface area contributed by atoms with Gasteiger partial charge in [0.15, 0.2) is 0 Å². The summed E-state index contributed by atoms with van der Waals surface area (Å²) in [5.74, 6) is 1.16. The number of hydrogen-bond acceptors (Lipinski definition) is 5. The van der Waals surface area contributed by atoms with Crippen molar-refractivity contribution in [1.82, 2.24) is 19.9 Å². The highest BCUT2D eigenvalue weighted by Gasteiger charge is 2.32. The highest BCUT2D eigenvalue weighted by Crippen LogP contribution is 2.32. The van der Waals surface area contributed by atoms with Crippen LogP contribution in [-0.2, 0) is 6.42 Å². The van der Waals surface area contributed by atoms with Crippen molar-refractivity contribution in [1.29, 1.82) is 0 Å². The molecule has 6 nitrogen and oxygen atoms in total. The van der Waals surface area contributed by atoms with Crippen molar-refractivity contribution in [3.8, 4) is 0 Å². The van der Waals surface area contributed by atoms with Gasteiger partial charge >= 0.3 is 0 Å². The molecule has 1 aliphatic heterocycles. The minimum atomic E-state index is -0.190. The normalized spacial score (nSPS) is 16.9. The van der Waals surface area contributed by atoms with Gasteiger partial charge in [0.1, 0.15) is 17.5 Å². The van der Waals surface area contributed by atoms with Gasteiger partial charge in [0, 0.05) is 24.2 Å². The molecule has 2 aromatic heterocycles. The summed E-state index contributed by atoms with van der Waals surface area (Å²) >= 11 is 6.25. The Morgan fingerprint density at radius 2 is 2.04 bits per heavy atom. The van der Waals surface area contributed by atoms with E-state index in [1.54, 1.807) is 17.3 Å². The number of hydrogen-bond donors (Lipinski definition) is 0. The van der Waals surface area contributed by atoms with Gasteiger partial charge < -0.3 is 9.32 Å². The van der Waals surface area contributed by atoms with Crippen molar-refractivity contribution in [3.63, 3.8) is 0 Å². The summed E-state index contributed by atoms with van der Waals surface area (Å²) in [6, 6.07) is 7.49. The van der Waals surface area contributed by atoms with Crippen LogP contribution in [0.15, 0.2) is 47.3 Å². The van der Waals surface area contributed by atoms with E-state index >= 15 is 0 Å². The second-order valence-corrected chi connectivity index (χ2v) is 7.39. The van der Waals surface area contributed by atoms with Gasteiger partial charge in [-0.3, -0.25) is 9.78 Å². The first-order valence-corrected chi connectivity index (χ1v) is 9.77. The lowest BCUT2D eigenvalue weighted by molar-refractivity contribution is 0.0563. The average Bonchev–Trinajstić information content (AvgIpc) is 3.18. The number of rotatable bonds is 4. The zero-order chi connectivity index (χ0) is 19.5. The summed E-state index contributed by atoms with van der Waals surface area (Å²) in [5, 5.41) is 0.702. The van der Waals surface area contributed by atoms with E-state index in [9.17, 15) is 4.79 Å². The summed E-state index contributed by atoms with van der Waals surface area (Å²) in [4.78, 5) is 27.7. The lowest BCUT2D eigenvalue weighted by Crippen LogP contribution is -2.39. The van der Waals surface area contributed by atoms with Crippen LogP contribution in [0.1, 0.15) is 58.7 Å². The van der Waals surface area contributed by atoms with Crippen LogP contribution in [0.4, 0.5) is 0 Å². The number of benzene rings is 1. The molecule has 4 rings (SSSR count). The minimum absolute atomic E-state index is 0.136. The third-order valence-electron chi connectivity index (χ3n) is 4.94. The maximum absolute atomic E-state index is 13.0. The maximum Gasteiger partial charge on any atom is 0.274 e. The number of carbonyl (C=O) groups excluding carboxylic acids is 1. The molecular formula is C21H21ClN4O2. The van der Waals surface area contributed by atoms with Crippen LogP contribution in [0.2, 0.25) is 5.02 Å². The molecule has 1 atom stereocenters. The van der Waals surface area contributed by atoms with Crippen molar-refractivity contribution in [3.05, 3.63) is 76.5 Å². The van der Waals surface area contributed by atoms with Gasteiger partial charge in [-0.15, -0.1) is 0 Å². The largest absolute Gasteiger partial charge is 0.443 e. The molecule has 0 radical (unpaired) electrons. The highest BCUT2D eigenvalue weighted by molar-refractivity contribution is 6.31. The Bertz CT molecular complexity index is 971. The van der Waals surface area contributed by atoms with Crippen molar-refractivity contribution in [2.24, 2.45) is 0 Å². The van der Waals surface area contributed by atoms with Crippen molar-refractivity contribution >= 4 is 17.5 Å². The number of likely N-dealkylation sites (tertiary alicyclic amines) is 1. The van der Waals surface area contributed by atoms with Gasteiger partial charge in [0.25, 0.3) is 5.91 Å². The quantitative estimate of drug-likeness (QED) is 0.654. The molecule has 3 aromatic rings. The Hall–Kier alpha value is -2.73. The van der Waals surface area contributed by atoms with E-state index in [4.69, 9.17) is 16.0 Å². The third-order valence-corrected chi connectivity index (χ3v) is 5.31. The van der Waals surface area contributed by atoms with Crippen molar-refractivity contribution in [2.75, 3.05) is 6.54 Å². The lowest BCUT2D eigenvalue weighted by Gasteiger charge is -2.33. The van der Waals surface area contributed by atoms with Crippen LogP contribution in [0, 0.1) is 6.92 Å². The Balaban J connectivity index is 1.55. The standard InChI is InChI=1S/C21H21ClN4O2/c1-14-11-24-18(13-23-14)21(27)26-9-5-4-8-19(26)20-25-12-16(28-20)10-15-6-2-3-7-17(15)22/h2-3,6-7,11-13,19H,4-5,8-10H2,1H3/t19-/m1/s1. The van der Waals surface area contributed by atoms with Gasteiger partial charge in [0.05, 0.1) is 18.1 Å². The molecule has 7 heteroatoms. The van der Waals surface area contributed by atoms with Gasteiger partial charge in [-0.05, 0) is 37.8 Å². The first-order valence-electron chi connectivity index (χ1n) is 9.39. The van der Waals surface area contributed by atoms with E-state index in [2.05, 4.69) is 15.0 Å². The molecule has 0 unspecified atom stereocenters. The van der Waals surface area contributed by atoms with Gasteiger partial charge in [-0.1, -0.05) is 29.8 Å². The Labute approximate surface area is 168 Å². The Morgan fingerprint density at radius 3 is 2.82 bits per heavy atom. The molecule has 28 heavy (non-hydrogen) atoms. The van der Waals surface area contributed by atoms with Crippen molar-refractivity contribution in [2.45, 2.75) is 38.6 Å². The molecule has 0 aliphatic carbocycles. The topological polar surface area (TPSA) is 72.1 Å². The number of carbonyl (C=O) groups is 1. The number of oxazole rings is 1. The third kappa shape index (κ3) is 3.92. The summed E-state index contributed by atoms with van der Waals surface area (Å²) in [7, 11) is 0. The van der Waals surface area contributed by atoms with E-state index in [1.807, 2.05) is 31.2 Å². The summed E-state index contributed by atoms with van der Waals surface area (Å²) in [5.41, 5.74) is 2.11. The van der Waals surface area contributed by atoms with E-state index in [1.165, 1.54) is 6.20 Å². The van der Waals surface area contributed by atoms with Crippen LogP contribution < -0.4 is 0 Å². The van der Waals surface area contributed by atoms with E-state index in [-0.39, 0.29) is 11.9 Å². The van der Waals surface area contributed by atoms with E-state index in [0.29, 0.717) is 29.6 Å². The molecule has 1 amide bonds. The van der Waals surface area contributed by atoms with Gasteiger partial charge in [-0.2, -0.15) is 0 Å². The van der Waals surface area contributed by atoms with Gasteiger partial charge in [0.2, 0.25) is 5.89 Å². The lowest BCUT2D eigenvalue weighted by atomic mass is 10.0. The van der Waals surface area contributed by atoms with Crippen LogP contribution in [-0.4, -0.2) is 32.3 Å². The molecule has 0 bridgehead atoms. The van der Waals surface area contributed by atoms with Crippen LogP contribution >= 0.6 is 11.6 Å². The molecule has 0 N–H and O–H groups in total. The van der Waals surface area contributed by atoms with Crippen LogP contribution in [0.25, 0.3) is 0 Å². The van der Waals surface area contributed by atoms with E-state index < -0.39 is 0 Å². The first kappa shape index (κ1) is 18.6.